The number of rotatable bonds is 8. The minimum absolute atomic E-state index is 0.0382. The van der Waals surface area contributed by atoms with Gasteiger partial charge >= 0.3 is 0 Å². The molecule has 0 aliphatic carbocycles. The van der Waals surface area contributed by atoms with Gasteiger partial charge < -0.3 is 4.48 Å². The molecule has 2 aromatic heterocycles. The second-order valence-corrected chi connectivity index (χ2v) is 12.0. The van der Waals surface area contributed by atoms with Gasteiger partial charge in [-0.05, 0) is 23.3 Å². The van der Waals surface area contributed by atoms with Crippen LogP contribution in [0.3, 0.4) is 0 Å². The molecule has 0 spiro atoms. The SMILES string of the molecule is CC(C)CC(C)(C)C(c1cc[n+](C)cc1)C(C)(C)C(c1cc[n+](C)cc1)[N+](C)(C)C. The van der Waals surface area contributed by atoms with Crippen molar-refractivity contribution < 1.29 is 13.6 Å². The topological polar surface area (TPSA) is 7.76 Å². The Labute approximate surface area is 186 Å². The Bertz CT molecular complexity index is 809. The molecule has 0 N–H and O–H groups in total. The summed E-state index contributed by atoms with van der Waals surface area (Å²) in [6.07, 6.45) is 9.98. The van der Waals surface area contributed by atoms with Crippen molar-refractivity contribution in [1.29, 1.82) is 0 Å². The second kappa shape index (κ2) is 8.78. The molecule has 2 rings (SSSR count). The molecular formula is C27H46N3+3. The molecule has 0 aliphatic heterocycles. The van der Waals surface area contributed by atoms with Gasteiger partial charge in [-0.2, -0.15) is 0 Å². The molecule has 0 saturated heterocycles. The summed E-state index contributed by atoms with van der Waals surface area (Å²) >= 11 is 0. The van der Waals surface area contributed by atoms with E-state index in [1.807, 2.05) is 0 Å². The first kappa shape index (κ1) is 24.5. The fraction of sp³-hybridized carbons (Fsp3) is 0.630. The van der Waals surface area contributed by atoms with Gasteiger partial charge in [0, 0.05) is 41.2 Å². The molecule has 0 fully saturated rings. The summed E-state index contributed by atoms with van der Waals surface area (Å²) in [5.74, 6) is 1.08. The number of aromatic nitrogens is 2. The molecule has 2 heterocycles. The first-order valence-corrected chi connectivity index (χ1v) is 11.4. The molecule has 0 aliphatic rings. The van der Waals surface area contributed by atoms with Crippen LogP contribution in [0.15, 0.2) is 49.1 Å². The maximum atomic E-state index is 2.49. The minimum atomic E-state index is 0.0382. The zero-order valence-corrected chi connectivity index (χ0v) is 21.4. The van der Waals surface area contributed by atoms with Gasteiger partial charge in [0.25, 0.3) is 0 Å². The Morgan fingerprint density at radius 1 is 0.767 bits per heavy atom. The van der Waals surface area contributed by atoms with Crippen molar-refractivity contribution in [2.45, 2.75) is 59.9 Å². The third-order valence-corrected chi connectivity index (χ3v) is 6.60. The Balaban J connectivity index is 2.70. The van der Waals surface area contributed by atoms with Crippen LogP contribution >= 0.6 is 0 Å². The van der Waals surface area contributed by atoms with Crippen LogP contribution in [-0.2, 0) is 14.1 Å². The number of nitrogens with zero attached hydrogens (tertiary/aromatic N) is 3. The molecule has 30 heavy (non-hydrogen) atoms. The molecule has 0 saturated carbocycles. The van der Waals surface area contributed by atoms with Crippen LogP contribution in [0.4, 0.5) is 0 Å². The predicted octanol–water partition coefficient (Wildman–Crippen LogP) is 4.97. The van der Waals surface area contributed by atoms with E-state index in [0.717, 1.165) is 4.48 Å². The van der Waals surface area contributed by atoms with E-state index >= 15 is 0 Å². The third kappa shape index (κ3) is 5.49. The molecular weight excluding hydrogens is 366 g/mol. The van der Waals surface area contributed by atoms with Crippen LogP contribution in [0.2, 0.25) is 0 Å². The fourth-order valence-corrected chi connectivity index (χ4v) is 6.49. The number of aryl methyl sites for hydroxylation is 2. The average molecular weight is 413 g/mol. The molecule has 3 nitrogen and oxygen atoms in total. The van der Waals surface area contributed by atoms with E-state index < -0.39 is 0 Å². The predicted molar refractivity (Wildman–Crippen MR) is 126 cm³/mol. The summed E-state index contributed by atoms with van der Waals surface area (Å²) in [4.78, 5) is 0. The molecule has 0 radical (unpaired) electrons. The van der Waals surface area contributed by atoms with Crippen LogP contribution in [0.1, 0.15) is 71.0 Å². The summed E-state index contributed by atoms with van der Waals surface area (Å²) in [7, 11) is 11.2. The monoisotopic (exact) mass is 412 g/mol. The lowest BCUT2D eigenvalue weighted by molar-refractivity contribution is -0.910. The molecule has 0 bridgehead atoms. The molecule has 166 valence electrons. The highest BCUT2D eigenvalue weighted by molar-refractivity contribution is 5.25. The van der Waals surface area contributed by atoms with Crippen molar-refractivity contribution >= 4 is 0 Å². The highest BCUT2D eigenvalue weighted by atomic mass is 15.3. The number of hydrogen-bond acceptors (Lipinski definition) is 0. The molecule has 0 aromatic carbocycles. The Kier molecular flexibility index (Phi) is 7.18. The Hall–Kier alpha value is -1.74. The molecule has 2 atom stereocenters. The molecule has 2 unspecified atom stereocenters. The van der Waals surface area contributed by atoms with Crippen LogP contribution < -0.4 is 9.13 Å². The van der Waals surface area contributed by atoms with Crippen molar-refractivity contribution in [3.8, 4) is 0 Å². The molecule has 3 heteroatoms. The Morgan fingerprint density at radius 3 is 1.53 bits per heavy atom. The van der Waals surface area contributed by atoms with Crippen LogP contribution in [0.5, 0.6) is 0 Å². The van der Waals surface area contributed by atoms with Gasteiger partial charge in [0.2, 0.25) is 0 Å². The van der Waals surface area contributed by atoms with Gasteiger partial charge in [-0.1, -0.05) is 41.5 Å². The molecule has 2 aromatic rings. The average Bonchev–Trinajstić information content (AvgIpc) is 2.55. The highest BCUT2D eigenvalue weighted by Crippen LogP contribution is 2.57. The van der Waals surface area contributed by atoms with Crippen molar-refractivity contribution in [2.75, 3.05) is 21.1 Å². The quantitative estimate of drug-likeness (QED) is 0.427. The second-order valence-electron chi connectivity index (χ2n) is 12.0. The van der Waals surface area contributed by atoms with E-state index in [0.29, 0.717) is 17.9 Å². The summed E-state index contributed by atoms with van der Waals surface area (Å²) in [6.45, 7) is 14.6. The van der Waals surface area contributed by atoms with Gasteiger partial charge in [-0.25, -0.2) is 9.13 Å². The third-order valence-electron chi connectivity index (χ3n) is 6.60. The van der Waals surface area contributed by atoms with Crippen molar-refractivity contribution in [1.82, 2.24) is 0 Å². The first-order valence-electron chi connectivity index (χ1n) is 11.4. The number of quaternary nitrogens is 1. The van der Waals surface area contributed by atoms with Crippen molar-refractivity contribution in [2.24, 2.45) is 30.8 Å². The normalized spacial score (nSPS) is 15.3. The van der Waals surface area contributed by atoms with Gasteiger partial charge in [0.15, 0.2) is 24.8 Å². The minimum Gasteiger partial charge on any atom is -0.324 e. The summed E-state index contributed by atoms with van der Waals surface area (Å²) in [6, 6.07) is 9.67. The van der Waals surface area contributed by atoms with Crippen LogP contribution in [-0.4, -0.2) is 25.6 Å². The maximum Gasteiger partial charge on any atom is 0.169 e. The zero-order chi connectivity index (χ0) is 22.9. The van der Waals surface area contributed by atoms with E-state index in [2.05, 4.69) is 135 Å². The van der Waals surface area contributed by atoms with Crippen molar-refractivity contribution in [3.63, 3.8) is 0 Å². The van der Waals surface area contributed by atoms with Gasteiger partial charge in [0.05, 0.1) is 21.1 Å². The maximum absolute atomic E-state index is 2.49. The summed E-state index contributed by atoms with van der Waals surface area (Å²) in [5, 5.41) is 0. The van der Waals surface area contributed by atoms with E-state index in [-0.39, 0.29) is 10.8 Å². The number of hydrogen-bond donors (Lipinski definition) is 0. The van der Waals surface area contributed by atoms with E-state index in [1.165, 1.54) is 17.5 Å². The summed E-state index contributed by atoms with van der Waals surface area (Å²) in [5.41, 5.74) is 3.07. The number of pyridine rings is 2. The zero-order valence-electron chi connectivity index (χ0n) is 21.4. The standard InChI is InChI=1S/C27H46N3/c1-21(2)20-26(3,4)24(22-12-16-28(7)17-13-22)27(5,6)25(30(9,10)11)23-14-18-29(8)19-15-23/h12-19,21,24-25H,20H2,1-11H3/q+3. The van der Waals surface area contributed by atoms with Crippen LogP contribution in [0, 0.1) is 16.7 Å². The lowest BCUT2D eigenvalue weighted by Gasteiger charge is -2.52. The fourth-order valence-electron chi connectivity index (χ4n) is 6.49. The first-order chi connectivity index (χ1) is 13.7. The summed E-state index contributed by atoms with van der Waals surface area (Å²) < 4.78 is 5.16. The molecule has 0 amide bonds. The smallest absolute Gasteiger partial charge is 0.169 e. The van der Waals surface area contributed by atoms with E-state index in [1.54, 1.807) is 0 Å². The van der Waals surface area contributed by atoms with Crippen LogP contribution in [0.25, 0.3) is 0 Å². The largest absolute Gasteiger partial charge is 0.324 e. The van der Waals surface area contributed by atoms with Gasteiger partial charge in [-0.15, -0.1) is 0 Å². The lowest BCUT2D eigenvalue weighted by Crippen LogP contribution is -2.51. The Morgan fingerprint density at radius 2 is 1.17 bits per heavy atom. The van der Waals surface area contributed by atoms with E-state index in [9.17, 15) is 0 Å². The van der Waals surface area contributed by atoms with Gasteiger partial charge in [0.1, 0.15) is 20.1 Å². The van der Waals surface area contributed by atoms with E-state index in [4.69, 9.17) is 0 Å². The van der Waals surface area contributed by atoms with Gasteiger partial charge in [-0.3, -0.25) is 0 Å². The highest BCUT2D eigenvalue weighted by Gasteiger charge is 2.51. The lowest BCUT2D eigenvalue weighted by atomic mass is 9.56. The van der Waals surface area contributed by atoms with Crippen molar-refractivity contribution in [3.05, 3.63) is 60.2 Å².